The molecule has 2 aliphatic heterocycles. The Morgan fingerprint density at radius 2 is 1.83 bits per heavy atom. The largest absolute Gasteiger partial charge is 0.480 e. The molecule has 18 heavy (non-hydrogen) atoms. The van der Waals surface area contributed by atoms with Crippen molar-refractivity contribution in [2.75, 3.05) is 19.8 Å². The second kappa shape index (κ2) is 4.79. The zero-order chi connectivity index (χ0) is 12.6. The summed E-state index contributed by atoms with van der Waals surface area (Å²) in [4.78, 5) is 13.4. The summed E-state index contributed by atoms with van der Waals surface area (Å²) in [6.07, 6.45) is 5.59. The van der Waals surface area contributed by atoms with Crippen LogP contribution >= 0.6 is 0 Å². The Morgan fingerprint density at radius 3 is 2.44 bits per heavy atom. The van der Waals surface area contributed by atoms with Crippen molar-refractivity contribution >= 4 is 5.97 Å². The monoisotopic (exact) mass is 255 g/mol. The van der Waals surface area contributed by atoms with E-state index in [1.54, 1.807) is 0 Å². The highest BCUT2D eigenvalue weighted by Crippen LogP contribution is 2.39. The molecule has 1 spiro atoms. The Labute approximate surface area is 107 Å². The highest BCUT2D eigenvalue weighted by molar-refractivity contribution is 5.73. The highest BCUT2D eigenvalue weighted by atomic mass is 16.7. The third kappa shape index (κ3) is 2.15. The number of aliphatic carboxylic acids is 1. The van der Waals surface area contributed by atoms with Crippen LogP contribution in [0.3, 0.4) is 0 Å². The number of carboxylic acids is 1. The fraction of sp³-hybridized carbons (Fsp3) is 0.923. The maximum Gasteiger partial charge on any atom is 0.320 e. The predicted octanol–water partition coefficient (Wildman–Crippen LogP) is 1.22. The van der Waals surface area contributed by atoms with Crippen molar-refractivity contribution in [3.05, 3.63) is 0 Å². The molecule has 5 heteroatoms. The van der Waals surface area contributed by atoms with Gasteiger partial charge in [-0.2, -0.15) is 0 Å². The molecule has 0 aromatic rings. The molecule has 0 bridgehead atoms. The number of hydrogen-bond donors (Lipinski definition) is 1. The van der Waals surface area contributed by atoms with E-state index >= 15 is 0 Å². The number of hydrogen-bond acceptors (Lipinski definition) is 4. The van der Waals surface area contributed by atoms with Gasteiger partial charge < -0.3 is 14.6 Å². The predicted molar refractivity (Wildman–Crippen MR) is 64.3 cm³/mol. The Bertz CT molecular complexity index is 317. The molecule has 1 N–H and O–H groups in total. The molecule has 5 nitrogen and oxygen atoms in total. The maximum atomic E-state index is 11.2. The second-order valence-electron chi connectivity index (χ2n) is 5.57. The normalized spacial score (nSPS) is 33.2. The Hall–Kier alpha value is -0.650. The summed E-state index contributed by atoms with van der Waals surface area (Å²) >= 11 is 0. The lowest BCUT2D eigenvalue weighted by Gasteiger charge is -2.40. The molecule has 0 aromatic heterocycles. The molecule has 0 aromatic carbocycles. The molecule has 1 unspecified atom stereocenters. The number of likely N-dealkylation sites (tertiary alicyclic amines) is 1. The van der Waals surface area contributed by atoms with Crippen molar-refractivity contribution in [2.45, 2.75) is 56.4 Å². The van der Waals surface area contributed by atoms with Gasteiger partial charge in [-0.15, -0.1) is 0 Å². The fourth-order valence-electron chi connectivity index (χ4n) is 3.65. The SMILES string of the molecule is O=C(O)C1CCCN1C1CCC2(CC1)OCCO2. The minimum Gasteiger partial charge on any atom is -0.480 e. The van der Waals surface area contributed by atoms with Gasteiger partial charge in [-0.3, -0.25) is 9.69 Å². The van der Waals surface area contributed by atoms with Gasteiger partial charge in [0.05, 0.1) is 13.2 Å². The number of rotatable bonds is 2. The van der Waals surface area contributed by atoms with E-state index < -0.39 is 5.97 Å². The molecule has 1 atom stereocenters. The number of carbonyl (C=O) groups is 1. The van der Waals surface area contributed by atoms with Gasteiger partial charge in [-0.25, -0.2) is 0 Å². The van der Waals surface area contributed by atoms with E-state index in [1.165, 1.54) is 0 Å². The fourth-order valence-corrected chi connectivity index (χ4v) is 3.65. The van der Waals surface area contributed by atoms with Crippen LogP contribution < -0.4 is 0 Å². The first-order valence-corrected chi connectivity index (χ1v) is 6.97. The van der Waals surface area contributed by atoms with Gasteiger partial charge in [0.15, 0.2) is 5.79 Å². The second-order valence-corrected chi connectivity index (χ2v) is 5.57. The van der Waals surface area contributed by atoms with Crippen LogP contribution in [0.4, 0.5) is 0 Å². The van der Waals surface area contributed by atoms with Crippen LogP contribution in [0, 0.1) is 0 Å². The molecule has 0 amide bonds. The molecule has 0 radical (unpaired) electrons. The maximum absolute atomic E-state index is 11.2. The highest BCUT2D eigenvalue weighted by Gasteiger charge is 2.44. The molecule has 3 aliphatic rings. The van der Waals surface area contributed by atoms with E-state index in [0.29, 0.717) is 19.3 Å². The summed E-state index contributed by atoms with van der Waals surface area (Å²) in [6.45, 7) is 2.33. The zero-order valence-electron chi connectivity index (χ0n) is 10.6. The van der Waals surface area contributed by atoms with Crippen LogP contribution in [0.25, 0.3) is 0 Å². The van der Waals surface area contributed by atoms with Crippen molar-refractivity contribution in [1.82, 2.24) is 4.90 Å². The van der Waals surface area contributed by atoms with E-state index in [-0.39, 0.29) is 11.8 Å². The molecule has 1 aliphatic carbocycles. The van der Waals surface area contributed by atoms with Gasteiger partial charge in [0.25, 0.3) is 0 Å². The smallest absolute Gasteiger partial charge is 0.320 e. The Kier molecular flexibility index (Phi) is 3.30. The van der Waals surface area contributed by atoms with E-state index in [4.69, 9.17) is 9.47 Å². The van der Waals surface area contributed by atoms with Crippen molar-refractivity contribution in [2.24, 2.45) is 0 Å². The van der Waals surface area contributed by atoms with Crippen LogP contribution in [0.2, 0.25) is 0 Å². The van der Waals surface area contributed by atoms with Crippen molar-refractivity contribution in [1.29, 1.82) is 0 Å². The molecular weight excluding hydrogens is 234 g/mol. The molecule has 102 valence electrons. The average Bonchev–Trinajstić information content (AvgIpc) is 3.00. The van der Waals surface area contributed by atoms with E-state index in [9.17, 15) is 9.90 Å². The van der Waals surface area contributed by atoms with Crippen LogP contribution in [-0.4, -0.2) is 53.6 Å². The Morgan fingerprint density at radius 1 is 1.17 bits per heavy atom. The quantitative estimate of drug-likeness (QED) is 0.804. The lowest BCUT2D eigenvalue weighted by atomic mass is 9.88. The van der Waals surface area contributed by atoms with E-state index in [1.807, 2.05) is 0 Å². The lowest BCUT2D eigenvalue weighted by Crippen LogP contribution is -2.48. The molecule has 2 heterocycles. The third-order valence-corrected chi connectivity index (χ3v) is 4.58. The molecule has 3 rings (SSSR count). The molecular formula is C13H21NO4. The van der Waals surface area contributed by atoms with E-state index in [0.717, 1.165) is 45.1 Å². The summed E-state index contributed by atoms with van der Waals surface area (Å²) in [5.74, 6) is -1.00. The number of nitrogens with zero attached hydrogens (tertiary/aromatic N) is 1. The van der Waals surface area contributed by atoms with E-state index in [2.05, 4.69) is 4.90 Å². The van der Waals surface area contributed by atoms with Crippen LogP contribution in [0.5, 0.6) is 0 Å². The van der Waals surface area contributed by atoms with Crippen molar-refractivity contribution in [3.8, 4) is 0 Å². The van der Waals surface area contributed by atoms with Gasteiger partial charge in [-0.1, -0.05) is 0 Å². The first kappa shape index (κ1) is 12.4. The van der Waals surface area contributed by atoms with Crippen molar-refractivity contribution < 1.29 is 19.4 Å². The van der Waals surface area contributed by atoms with Gasteiger partial charge in [-0.05, 0) is 32.2 Å². The summed E-state index contributed by atoms with van der Waals surface area (Å²) in [6, 6.07) is 0.126. The summed E-state index contributed by atoms with van der Waals surface area (Å²) < 4.78 is 11.4. The third-order valence-electron chi connectivity index (χ3n) is 4.58. The topological polar surface area (TPSA) is 59.0 Å². The average molecular weight is 255 g/mol. The molecule has 2 saturated heterocycles. The number of ether oxygens (including phenoxy) is 2. The Balaban J connectivity index is 1.60. The lowest BCUT2D eigenvalue weighted by molar-refractivity contribution is -0.184. The summed E-state index contributed by atoms with van der Waals surface area (Å²) in [5.41, 5.74) is 0. The minimum atomic E-state index is -0.666. The van der Waals surface area contributed by atoms with Crippen LogP contribution in [-0.2, 0) is 14.3 Å². The van der Waals surface area contributed by atoms with Crippen molar-refractivity contribution in [3.63, 3.8) is 0 Å². The molecule has 3 fully saturated rings. The van der Waals surface area contributed by atoms with Crippen LogP contribution in [0.15, 0.2) is 0 Å². The minimum absolute atomic E-state index is 0.269. The van der Waals surface area contributed by atoms with Gasteiger partial charge in [0.2, 0.25) is 0 Å². The number of carboxylic acid groups (broad SMARTS) is 1. The zero-order valence-corrected chi connectivity index (χ0v) is 10.6. The summed E-state index contributed by atoms with van der Waals surface area (Å²) in [5, 5.41) is 9.23. The first-order chi connectivity index (χ1) is 8.70. The summed E-state index contributed by atoms with van der Waals surface area (Å²) in [7, 11) is 0. The first-order valence-electron chi connectivity index (χ1n) is 6.97. The standard InChI is InChI=1S/C13H21NO4/c15-12(16)11-2-1-7-14(11)10-3-5-13(6-4-10)17-8-9-18-13/h10-11H,1-9H2,(H,15,16). The van der Waals surface area contributed by atoms with Gasteiger partial charge >= 0.3 is 5.97 Å². The van der Waals surface area contributed by atoms with Gasteiger partial charge in [0.1, 0.15) is 6.04 Å². The van der Waals surface area contributed by atoms with Gasteiger partial charge in [0, 0.05) is 18.9 Å². The van der Waals surface area contributed by atoms with Crippen LogP contribution in [0.1, 0.15) is 38.5 Å². The molecule has 1 saturated carbocycles.